The maximum Gasteiger partial charge on any atom is 0.223 e. The molecule has 0 spiro atoms. The first kappa shape index (κ1) is 22.6. The number of benzene rings is 1. The second kappa shape index (κ2) is 10.6. The molecule has 0 saturated heterocycles. The van der Waals surface area contributed by atoms with Gasteiger partial charge in [0.25, 0.3) is 0 Å². The maximum atomic E-state index is 12.6. The van der Waals surface area contributed by atoms with Crippen LogP contribution in [-0.2, 0) is 4.79 Å². The lowest BCUT2D eigenvalue weighted by Crippen LogP contribution is -2.36. The Kier molecular flexibility index (Phi) is 9.23. The normalized spacial score (nSPS) is 20.4. The molecule has 5 nitrogen and oxygen atoms in total. The highest BCUT2D eigenvalue weighted by Crippen LogP contribution is 2.33. The fourth-order valence-electron chi connectivity index (χ4n) is 3.42. The average Bonchev–Trinajstić information content (AvgIpc) is 3.01. The molecule has 2 rings (SSSR count). The van der Waals surface area contributed by atoms with E-state index >= 15 is 0 Å². The molecule has 1 aliphatic rings. The number of rotatable bonds is 8. The summed E-state index contributed by atoms with van der Waals surface area (Å²) in [6.07, 6.45) is 2.59. The Morgan fingerprint density at radius 2 is 1.85 bits per heavy atom. The van der Waals surface area contributed by atoms with Gasteiger partial charge in [0, 0.05) is 12.0 Å². The molecule has 1 aliphatic carbocycles. The van der Waals surface area contributed by atoms with E-state index in [-0.39, 0.29) is 42.2 Å². The molecule has 3 N–H and O–H groups in total. The topological polar surface area (TPSA) is 73.6 Å². The Balaban J connectivity index is 0.00000338. The minimum Gasteiger partial charge on any atom is -0.490 e. The zero-order valence-electron chi connectivity index (χ0n) is 16.3. The molecular formula is C20H33ClN2O3. The summed E-state index contributed by atoms with van der Waals surface area (Å²) in [5.74, 6) is 1.88. The average molecular weight is 385 g/mol. The van der Waals surface area contributed by atoms with Crippen molar-refractivity contribution < 1.29 is 14.3 Å². The number of carbonyl (C=O) groups is 1. The largest absolute Gasteiger partial charge is 0.490 e. The van der Waals surface area contributed by atoms with Crippen LogP contribution in [0, 0.1) is 11.8 Å². The van der Waals surface area contributed by atoms with Crippen LogP contribution in [0.15, 0.2) is 18.2 Å². The van der Waals surface area contributed by atoms with Crippen molar-refractivity contribution in [2.24, 2.45) is 17.6 Å². The van der Waals surface area contributed by atoms with Gasteiger partial charge in [-0.15, -0.1) is 12.4 Å². The molecule has 1 fully saturated rings. The first-order valence-electron chi connectivity index (χ1n) is 9.41. The number of hydrogen-bond donors (Lipinski definition) is 2. The van der Waals surface area contributed by atoms with Gasteiger partial charge in [0.15, 0.2) is 11.5 Å². The Morgan fingerprint density at radius 1 is 1.19 bits per heavy atom. The van der Waals surface area contributed by atoms with Gasteiger partial charge in [-0.1, -0.05) is 19.9 Å². The third kappa shape index (κ3) is 5.78. The standard InChI is InChI=1S/C20H32N2O3.ClH/c1-5-24-17-10-8-14(12-18(17)25-6-2)19(13(3)4)22-20(23)15-7-9-16(21)11-15;/h8,10,12-13,15-16,19H,5-7,9,11,21H2,1-4H3,(H,22,23);1H. The summed E-state index contributed by atoms with van der Waals surface area (Å²) >= 11 is 0. The summed E-state index contributed by atoms with van der Waals surface area (Å²) in [5, 5.41) is 3.23. The van der Waals surface area contributed by atoms with E-state index in [1.165, 1.54) is 0 Å². The summed E-state index contributed by atoms with van der Waals surface area (Å²) in [7, 11) is 0. The molecule has 3 atom stereocenters. The highest BCUT2D eigenvalue weighted by atomic mass is 35.5. The van der Waals surface area contributed by atoms with Crippen molar-refractivity contribution in [1.82, 2.24) is 5.32 Å². The summed E-state index contributed by atoms with van der Waals surface area (Å²) in [5.41, 5.74) is 6.99. The van der Waals surface area contributed by atoms with Crippen LogP contribution in [0.5, 0.6) is 11.5 Å². The summed E-state index contributed by atoms with van der Waals surface area (Å²) in [6, 6.07) is 6.03. The Morgan fingerprint density at radius 3 is 2.38 bits per heavy atom. The van der Waals surface area contributed by atoms with Crippen LogP contribution in [0.3, 0.4) is 0 Å². The van der Waals surface area contributed by atoms with Crippen LogP contribution in [0.2, 0.25) is 0 Å². The number of ether oxygens (including phenoxy) is 2. The van der Waals surface area contributed by atoms with Gasteiger partial charge in [-0.25, -0.2) is 0 Å². The third-order valence-corrected chi connectivity index (χ3v) is 4.73. The lowest BCUT2D eigenvalue weighted by Gasteiger charge is -2.25. The lowest BCUT2D eigenvalue weighted by molar-refractivity contribution is -0.125. The van der Waals surface area contributed by atoms with Crippen molar-refractivity contribution in [1.29, 1.82) is 0 Å². The number of hydrogen-bond acceptors (Lipinski definition) is 4. The fraction of sp³-hybridized carbons (Fsp3) is 0.650. The maximum absolute atomic E-state index is 12.6. The molecule has 1 saturated carbocycles. The van der Waals surface area contributed by atoms with Crippen LogP contribution in [0.1, 0.15) is 58.6 Å². The molecule has 6 heteroatoms. The van der Waals surface area contributed by atoms with Crippen molar-refractivity contribution in [2.45, 2.75) is 59.0 Å². The monoisotopic (exact) mass is 384 g/mol. The van der Waals surface area contributed by atoms with Gasteiger partial charge in [-0.3, -0.25) is 4.79 Å². The molecule has 0 aromatic heterocycles. The van der Waals surface area contributed by atoms with Crippen molar-refractivity contribution in [3.63, 3.8) is 0 Å². The van der Waals surface area contributed by atoms with Crippen molar-refractivity contribution in [2.75, 3.05) is 13.2 Å². The second-order valence-electron chi connectivity index (χ2n) is 7.07. The van der Waals surface area contributed by atoms with E-state index in [2.05, 4.69) is 19.2 Å². The smallest absolute Gasteiger partial charge is 0.223 e. The highest BCUT2D eigenvalue weighted by molar-refractivity contribution is 5.85. The molecule has 26 heavy (non-hydrogen) atoms. The summed E-state index contributed by atoms with van der Waals surface area (Å²) < 4.78 is 11.4. The first-order chi connectivity index (χ1) is 12.0. The molecule has 0 radical (unpaired) electrons. The van der Waals surface area contributed by atoms with Gasteiger partial charge >= 0.3 is 0 Å². The molecule has 1 amide bonds. The van der Waals surface area contributed by atoms with Crippen LogP contribution in [0.4, 0.5) is 0 Å². The van der Waals surface area contributed by atoms with Crippen molar-refractivity contribution in [3.05, 3.63) is 23.8 Å². The van der Waals surface area contributed by atoms with E-state index in [4.69, 9.17) is 15.2 Å². The fourth-order valence-corrected chi connectivity index (χ4v) is 3.42. The molecular weight excluding hydrogens is 352 g/mol. The van der Waals surface area contributed by atoms with E-state index < -0.39 is 0 Å². The van der Waals surface area contributed by atoms with Gasteiger partial charge in [-0.2, -0.15) is 0 Å². The van der Waals surface area contributed by atoms with E-state index in [1.807, 2.05) is 32.0 Å². The number of carbonyl (C=O) groups excluding carboxylic acids is 1. The molecule has 148 valence electrons. The SMILES string of the molecule is CCOc1ccc(C(NC(=O)C2CCC(N)C2)C(C)C)cc1OCC.Cl. The van der Waals surface area contributed by atoms with E-state index in [0.717, 1.165) is 36.3 Å². The zero-order valence-corrected chi connectivity index (χ0v) is 17.1. The number of nitrogens with two attached hydrogens (primary N) is 1. The predicted molar refractivity (Wildman–Crippen MR) is 107 cm³/mol. The molecule has 3 unspecified atom stereocenters. The summed E-state index contributed by atoms with van der Waals surface area (Å²) in [6.45, 7) is 9.29. The minimum atomic E-state index is -0.0563. The Labute approximate surface area is 163 Å². The molecule has 1 aromatic carbocycles. The number of nitrogens with one attached hydrogen (secondary N) is 1. The second-order valence-corrected chi connectivity index (χ2v) is 7.07. The first-order valence-corrected chi connectivity index (χ1v) is 9.41. The zero-order chi connectivity index (χ0) is 18.4. The van der Waals surface area contributed by atoms with Crippen LogP contribution in [-0.4, -0.2) is 25.2 Å². The number of amides is 1. The minimum absolute atomic E-state index is 0. The molecule has 0 heterocycles. The van der Waals surface area contributed by atoms with Crippen molar-refractivity contribution >= 4 is 18.3 Å². The molecule has 0 bridgehead atoms. The van der Waals surface area contributed by atoms with Gasteiger partial charge in [0.05, 0.1) is 19.3 Å². The highest BCUT2D eigenvalue weighted by Gasteiger charge is 2.30. The predicted octanol–water partition coefficient (Wildman–Crippen LogP) is 3.85. The van der Waals surface area contributed by atoms with E-state index in [1.54, 1.807) is 0 Å². The molecule has 1 aromatic rings. The van der Waals surface area contributed by atoms with Gasteiger partial charge in [0.1, 0.15) is 0 Å². The van der Waals surface area contributed by atoms with E-state index in [0.29, 0.717) is 13.2 Å². The number of halogens is 1. The molecule has 0 aliphatic heterocycles. The van der Waals surface area contributed by atoms with Gasteiger partial charge in [0.2, 0.25) is 5.91 Å². The van der Waals surface area contributed by atoms with Crippen LogP contribution >= 0.6 is 12.4 Å². The van der Waals surface area contributed by atoms with Crippen LogP contribution in [0.25, 0.3) is 0 Å². The van der Waals surface area contributed by atoms with Gasteiger partial charge < -0.3 is 20.5 Å². The van der Waals surface area contributed by atoms with Crippen molar-refractivity contribution in [3.8, 4) is 11.5 Å². The lowest BCUT2D eigenvalue weighted by atomic mass is 9.94. The van der Waals surface area contributed by atoms with Gasteiger partial charge in [-0.05, 0) is 56.7 Å². The third-order valence-electron chi connectivity index (χ3n) is 4.73. The van der Waals surface area contributed by atoms with E-state index in [9.17, 15) is 4.79 Å². The summed E-state index contributed by atoms with van der Waals surface area (Å²) in [4.78, 5) is 12.6. The van der Waals surface area contributed by atoms with Crippen LogP contribution < -0.4 is 20.5 Å². The Bertz CT molecular complexity index is 580. The quantitative estimate of drug-likeness (QED) is 0.714. The Hall–Kier alpha value is -1.46.